The third-order valence-corrected chi connectivity index (χ3v) is 3.92. The number of hydrogen-bond acceptors (Lipinski definition) is 4. The molecule has 0 aromatic heterocycles. The number of nitrogens with two attached hydrogens (primary N) is 1. The first-order valence-electron chi connectivity index (χ1n) is 7.13. The fraction of sp³-hybridized carbons (Fsp3) is 0.235. The molecule has 0 spiro atoms. The number of hydrogen-bond donors (Lipinski definition) is 1. The van der Waals surface area contributed by atoms with Gasteiger partial charge < -0.3 is 15.5 Å². The van der Waals surface area contributed by atoms with E-state index in [4.69, 9.17) is 5.73 Å². The minimum atomic E-state index is 0.741. The smallest absolute Gasteiger partial charge is 0.101 e. The normalized spacial score (nSPS) is 14.8. The second-order valence-electron chi connectivity index (χ2n) is 5.16. The number of rotatable bonds is 2. The van der Waals surface area contributed by atoms with Crippen LogP contribution in [0.25, 0.3) is 0 Å². The number of nitrogens with zero attached hydrogens (tertiary/aromatic N) is 3. The Bertz CT molecular complexity index is 666. The van der Waals surface area contributed by atoms with Crippen LogP contribution in [0.3, 0.4) is 0 Å². The van der Waals surface area contributed by atoms with Gasteiger partial charge in [-0.05, 0) is 24.3 Å². The molecule has 0 unspecified atom stereocenters. The van der Waals surface area contributed by atoms with Crippen LogP contribution in [0.5, 0.6) is 0 Å². The van der Waals surface area contributed by atoms with E-state index in [2.05, 4.69) is 21.9 Å². The van der Waals surface area contributed by atoms with Crippen LogP contribution in [0.1, 0.15) is 5.56 Å². The molecule has 0 radical (unpaired) electrons. The lowest BCUT2D eigenvalue weighted by atomic mass is 10.1. The van der Waals surface area contributed by atoms with Crippen LogP contribution in [-0.4, -0.2) is 26.2 Å². The van der Waals surface area contributed by atoms with Gasteiger partial charge >= 0.3 is 0 Å². The van der Waals surface area contributed by atoms with E-state index in [9.17, 15) is 5.26 Å². The second kappa shape index (κ2) is 5.76. The zero-order chi connectivity index (χ0) is 14.7. The van der Waals surface area contributed by atoms with E-state index in [1.54, 1.807) is 0 Å². The number of piperazine rings is 1. The van der Waals surface area contributed by atoms with Crippen molar-refractivity contribution in [1.82, 2.24) is 0 Å². The van der Waals surface area contributed by atoms with Crippen LogP contribution in [0.4, 0.5) is 17.1 Å². The van der Waals surface area contributed by atoms with Crippen LogP contribution in [0, 0.1) is 11.3 Å². The molecule has 1 heterocycles. The second-order valence-corrected chi connectivity index (χ2v) is 5.16. The van der Waals surface area contributed by atoms with E-state index >= 15 is 0 Å². The zero-order valence-electron chi connectivity index (χ0n) is 11.9. The molecule has 0 bridgehead atoms. The number of para-hydroxylation sites is 3. The van der Waals surface area contributed by atoms with Gasteiger partial charge in [-0.1, -0.05) is 24.3 Å². The monoisotopic (exact) mass is 278 g/mol. The van der Waals surface area contributed by atoms with Gasteiger partial charge in [0, 0.05) is 26.2 Å². The topological polar surface area (TPSA) is 56.3 Å². The van der Waals surface area contributed by atoms with Gasteiger partial charge in [-0.3, -0.25) is 0 Å². The number of nitrogen functional groups attached to an aromatic ring is 1. The third-order valence-electron chi connectivity index (χ3n) is 3.92. The molecule has 2 aromatic rings. The standard InChI is InChI=1S/C17H18N4/c18-13-14-5-1-3-7-16(14)20-9-11-21(12-10-20)17-8-4-2-6-15(17)19/h1-8H,9-12,19H2. The summed E-state index contributed by atoms with van der Waals surface area (Å²) in [6.45, 7) is 3.61. The van der Waals surface area contributed by atoms with E-state index < -0.39 is 0 Å². The molecular weight excluding hydrogens is 260 g/mol. The Hall–Kier alpha value is -2.67. The van der Waals surface area contributed by atoms with Crippen molar-refractivity contribution in [3.8, 4) is 6.07 Å². The van der Waals surface area contributed by atoms with Crippen molar-refractivity contribution in [1.29, 1.82) is 5.26 Å². The van der Waals surface area contributed by atoms with Gasteiger partial charge in [0.1, 0.15) is 6.07 Å². The molecule has 4 nitrogen and oxygen atoms in total. The van der Waals surface area contributed by atoms with Gasteiger partial charge in [0.25, 0.3) is 0 Å². The number of benzene rings is 2. The van der Waals surface area contributed by atoms with Crippen molar-refractivity contribution in [2.45, 2.75) is 0 Å². The summed E-state index contributed by atoms with van der Waals surface area (Å²) in [7, 11) is 0. The highest BCUT2D eigenvalue weighted by Crippen LogP contribution is 2.26. The van der Waals surface area contributed by atoms with Gasteiger partial charge in [-0.15, -0.1) is 0 Å². The van der Waals surface area contributed by atoms with Crippen molar-refractivity contribution in [2.24, 2.45) is 0 Å². The van der Waals surface area contributed by atoms with Crippen LogP contribution in [0.15, 0.2) is 48.5 Å². The first-order chi connectivity index (χ1) is 10.3. The Morgan fingerprint density at radius 1 is 0.810 bits per heavy atom. The quantitative estimate of drug-likeness (QED) is 0.857. The molecule has 0 atom stereocenters. The van der Waals surface area contributed by atoms with Crippen molar-refractivity contribution in [3.05, 3.63) is 54.1 Å². The molecule has 21 heavy (non-hydrogen) atoms. The van der Waals surface area contributed by atoms with Gasteiger partial charge in [0.05, 0.1) is 22.6 Å². The lowest BCUT2D eigenvalue weighted by molar-refractivity contribution is 0.654. The molecule has 106 valence electrons. The van der Waals surface area contributed by atoms with E-state index in [0.29, 0.717) is 0 Å². The molecule has 1 aliphatic rings. The zero-order valence-corrected chi connectivity index (χ0v) is 11.9. The lowest BCUT2D eigenvalue weighted by Crippen LogP contribution is -2.47. The Kier molecular flexibility index (Phi) is 3.65. The van der Waals surface area contributed by atoms with E-state index in [1.807, 2.05) is 42.5 Å². The number of nitriles is 1. The van der Waals surface area contributed by atoms with Crippen LogP contribution >= 0.6 is 0 Å². The first kappa shape index (κ1) is 13.3. The summed E-state index contributed by atoms with van der Waals surface area (Å²) in [5.41, 5.74) is 9.74. The average Bonchev–Trinajstić information content (AvgIpc) is 2.55. The third kappa shape index (κ3) is 2.63. The predicted molar refractivity (Wildman–Crippen MR) is 86.4 cm³/mol. The summed E-state index contributed by atoms with van der Waals surface area (Å²) in [4.78, 5) is 4.58. The summed E-state index contributed by atoms with van der Waals surface area (Å²) in [6, 6.07) is 18.0. The summed E-state index contributed by atoms with van der Waals surface area (Å²) in [6.07, 6.45) is 0. The predicted octanol–water partition coefficient (Wildman–Crippen LogP) is 2.47. The molecule has 0 aliphatic carbocycles. The highest BCUT2D eigenvalue weighted by Gasteiger charge is 2.20. The maximum absolute atomic E-state index is 9.21. The van der Waals surface area contributed by atoms with E-state index in [0.717, 1.165) is 48.8 Å². The average molecular weight is 278 g/mol. The Morgan fingerprint density at radius 2 is 1.33 bits per heavy atom. The molecule has 3 rings (SSSR count). The molecule has 2 N–H and O–H groups in total. The van der Waals surface area contributed by atoms with Crippen LogP contribution in [0.2, 0.25) is 0 Å². The van der Waals surface area contributed by atoms with Crippen LogP contribution in [-0.2, 0) is 0 Å². The van der Waals surface area contributed by atoms with Crippen molar-refractivity contribution in [3.63, 3.8) is 0 Å². The van der Waals surface area contributed by atoms with Gasteiger partial charge in [0.15, 0.2) is 0 Å². The molecular formula is C17H18N4. The maximum atomic E-state index is 9.21. The molecule has 1 saturated heterocycles. The summed E-state index contributed by atoms with van der Waals surface area (Å²) < 4.78 is 0. The fourth-order valence-electron chi connectivity index (χ4n) is 2.81. The van der Waals surface area contributed by atoms with E-state index in [1.165, 1.54) is 0 Å². The number of anilines is 3. The molecule has 1 aliphatic heterocycles. The molecule has 1 fully saturated rings. The SMILES string of the molecule is N#Cc1ccccc1N1CCN(c2ccccc2N)CC1. The Balaban J connectivity index is 1.74. The largest absolute Gasteiger partial charge is 0.397 e. The van der Waals surface area contributed by atoms with Gasteiger partial charge in [0.2, 0.25) is 0 Å². The minimum Gasteiger partial charge on any atom is -0.397 e. The fourth-order valence-corrected chi connectivity index (χ4v) is 2.81. The highest BCUT2D eigenvalue weighted by atomic mass is 15.3. The summed E-state index contributed by atoms with van der Waals surface area (Å²) >= 11 is 0. The molecule has 4 heteroatoms. The van der Waals surface area contributed by atoms with Gasteiger partial charge in [-0.25, -0.2) is 0 Å². The summed E-state index contributed by atoms with van der Waals surface area (Å²) in [5.74, 6) is 0. The Morgan fingerprint density at radius 3 is 1.95 bits per heavy atom. The maximum Gasteiger partial charge on any atom is 0.101 e. The minimum absolute atomic E-state index is 0.741. The molecule has 2 aromatic carbocycles. The highest BCUT2D eigenvalue weighted by molar-refractivity contribution is 5.68. The van der Waals surface area contributed by atoms with E-state index in [-0.39, 0.29) is 0 Å². The lowest BCUT2D eigenvalue weighted by Gasteiger charge is -2.38. The van der Waals surface area contributed by atoms with Gasteiger partial charge in [-0.2, -0.15) is 5.26 Å². The van der Waals surface area contributed by atoms with Crippen molar-refractivity contribution >= 4 is 17.1 Å². The first-order valence-corrected chi connectivity index (χ1v) is 7.13. The summed E-state index contributed by atoms with van der Waals surface area (Å²) in [5, 5.41) is 9.21. The van der Waals surface area contributed by atoms with Crippen molar-refractivity contribution < 1.29 is 0 Å². The molecule has 0 saturated carbocycles. The van der Waals surface area contributed by atoms with Crippen LogP contribution < -0.4 is 15.5 Å². The Labute approximate surface area is 125 Å². The molecule has 0 amide bonds. The van der Waals surface area contributed by atoms with Crippen molar-refractivity contribution in [2.75, 3.05) is 41.7 Å².